The van der Waals surface area contributed by atoms with E-state index in [4.69, 9.17) is 4.52 Å². The normalized spacial score (nSPS) is 17.8. The van der Waals surface area contributed by atoms with Crippen molar-refractivity contribution in [3.05, 3.63) is 40.5 Å². The van der Waals surface area contributed by atoms with Crippen molar-refractivity contribution in [3.8, 4) is 0 Å². The molecule has 1 aliphatic heterocycles. The summed E-state index contributed by atoms with van der Waals surface area (Å²) in [4.78, 5) is 11.1. The zero-order valence-corrected chi connectivity index (χ0v) is 16.1. The van der Waals surface area contributed by atoms with Crippen molar-refractivity contribution in [2.75, 3.05) is 24.5 Å². The van der Waals surface area contributed by atoms with Crippen LogP contribution in [0.1, 0.15) is 25.1 Å². The Kier molecular flexibility index (Phi) is 5.91. The Bertz CT molecular complexity index is 731. The fourth-order valence-electron chi connectivity index (χ4n) is 2.87. The quantitative estimate of drug-likeness (QED) is 0.586. The maximum atomic E-state index is 4.98. The predicted octanol–water partition coefficient (Wildman–Crippen LogP) is 2.47. The zero-order valence-electron chi connectivity index (χ0n) is 14.5. The summed E-state index contributed by atoms with van der Waals surface area (Å²) in [6.45, 7) is 6.99. The van der Waals surface area contributed by atoms with Gasteiger partial charge in [0.15, 0.2) is 11.8 Å². The van der Waals surface area contributed by atoms with Crippen LogP contribution < -0.4 is 15.5 Å². The summed E-state index contributed by atoms with van der Waals surface area (Å²) < 4.78 is 6.11. The van der Waals surface area contributed by atoms with Crippen molar-refractivity contribution >= 4 is 27.6 Å². The lowest BCUT2D eigenvalue weighted by atomic mass is 10.3. The van der Waals surface area contributed by atoms with Crippen LogP contribution in [0.4, 0.5) is 5.69 Å². The average Bonchev–Trinajstić information content (AvgIpc) is 3.22. The number of para-hydroxylation sites is 1. The molecule has 1 aromatic heterocycles. The molecule has 1 saturated heterocycles. The Morgan fingerprint density at radius 2 is 2.28 bits per heavy atom. The summed E-state index contributed by atoms with van der Waals surface area (Å²) in [7, 11) is 0. The average molecular weight is 407 g/mol. The summed E-state index contributed by atoms with van der Waals surface area (Å²) in [5.74, 6) is 1.93. The first-order valence-corrected chi connectivity index (χ1v) is 9.28. The van der Waals surface area contributed by atoms with Crippen molar-refractivity contribution in [2.45, 2.75) is 32.9 Å². The van der Waals surface area contributed by atoms with Crippen molar-refractivity contribution in [3.63, 3.8) is 0 Å². The van der Waals surface area contributed by atoms with Gasteiger partial charge in [-0.05, 0) is 41.4 Å². The summed E-state index contributed by atoms with van der Waals surface area (Å²) in [5, 5.41) is 10.7. The van der Waals surface area contributed by atoms with Gasteiger partial charge in [0.05, 0.1) is 5.69 Å². The SMILES string of the molecule is CCNC(=NCc1noc(C)n1)NC1CCN(c2ccccc2Br)C1. The summed E-state index contributed by atoms with van der Waals surface area (Å²) >= 11 is 3.63. The first-order valence-electron chi connectivity index (χ1n) is 8.49. The Balaban J connectivity index is 1.60. The van der Waals surface area contributed by atoms with Crippen LogP contribution in [-0.2, 0) is 6.54 Å². The third kappa shape index (κ3) is 4.72. The third-order valence-corrected chi connectivity index (χ3v) is 4.69. The standard InChI is InChI=1S/C17H23BrN6O/c1-3-19-17(20-10-16-21-12(2)25-23-16)22-13-8-9-24(11-13)15-7-5-4-6-14(15)18/h4-7,13H,3,8-11H2,1-2H3,(H2,19,20,22). The predicted molar refractivity (Wildman–Crippen MR) is 102 cm³/mol. The fraction of sp³-hybridized carbons (Fsp3) is 0.471. The molecule has 8 heteroatoms. The molecule has 1 aromatic carbocycles. The molecule has 1 atom stereocenters. The first kappa shape index (κ1) is 17.7. The molecule has 25 heavy (non-hydrogen) atoms. The number of nitrogens with one attached hydrogen (secondary N) is 2. The number of rotatable bonds is 5. The zero-order chi connectivity index (χ0) is 17.6. The molecule has 3 rings (SSSR count). The molecule has 0 spiro atoms. The highest BCUT2D eigenvalue weighted by molar-refractivity contribution is 9.10. The second-order valence-electron chi connectivity index (χ2n) is 5.95. The molecule has 0 amide bonds. The molecule has 0 bridgehead atoms. The number of benzene rings is 1. The molecule has 1 unspecified atom stereocenters. The molecule has 0 saturated carbocycles. The molecule has 2 N–H and O–H groups in total. The lowest BCUT2D eigenvalue weighted by molar-refractivity contribution is 0.387. The van der Waals surface area contributed by atoms with Gasteiger partial charge in [0.25, 0.3) is 0 Å². The highest BCUT2D eigenvalue weighted by Gasteiger charge is 2.24. The van der Waals surface area contributed by atoms with Gasteiger partial charge in [0.1, 0.15) is 6.54 Å². The Hall–Kier alpha value is -2.09. The van der Waals surface area contributed by atoms with E-state index in [0.717, 1.165) is 36.5 Å². The minimum Gasteiger partial charge on any atom is -0.368 e. The van der Waals surface area contributed by atoms with Crippen molar-refractivity contribution in [1.82, 2.24) is 20.8 Å². The number of anilines is 1. The molecule has 134 valence electrons. The number of halogens is 1. The molecular weight excluding hydrogens is 384 g/mol. The Morgan fingerprint density at radius 3 is 3.00 bits per heavy atom. The van der Waals surface area contributed by atoms with Crippen LogP contribution in [0.3, 0.4) is 0 Å². The lowest BCUT2D eigenvalue weighted by Gasteiger charge is -2.21. The van der Waals surface area contributed by atoms with E-state index in [-0.39, 0.29) is 0 Å². The van der Waals surface area contributed by atoms with Crippen molar-refractivity contribution in [2.24, 2.45) is 4.99 Å². The molecular formula is C17H23BrN6O. The van der Waals surface area contributed by atoms with Crippen LogP contribution in [0.25, 0.3) is 0 Å². The summed E-state index contributed by atoms with van der Waals surface area (Å²) in [6.07, 6.45) is 1.06. The number of nitrogens with zero attached hydrogens (tertiary/aromatic N) is 4. The van der Waals surface area contributed by atoms with Gasteiger partial charge in [-0.1, -0.05) is 17.3 Å². The summed E-state index contributed by atoms with van der Waals surface area (Å²) in [5.41, 5.74) is 1.23. The van der Waals surface area contributed by atoms with Gasteiger partial charge in [-0.25, -0.2) is 4.99 Å². The Morgan fingerprint density at radius 1 is 1.44 bits per heavy atom. The van der Waals surface area contributed by atoms with Crippen LogP contribution in [0.2, 0.25) is 0 Å². The highest BCUT2D eigenvalue weighted by Crippen LogP contribution is 2.28. The minimum atomic E-state index is 0.344. The lowest BCUT2D eigenvalue weighted by Crippen LogP contribution is -2.44. The summed E-state index contributed by atoms with van der Waals surface area (Å²) in [6, 6.07) is 8.67. The van der Waals surface area contributed by atoms with Crippen LogP contribution in [0, 0.1) is 6.92 Å². The van der Waals surface area contributed by atoms with Crippen LogP contribution in [-0.4, -0.2) is 41.8 Å². The monoisotopic (exact) mass is 406 g/mol. The van der Waals surface area contributed by atoms with Crippen molar-refractivity contribution in [1.29, 1.82) is 0 Å². The van der Waals surface area contributed by atoms with E-state index in [1.54, 1.807) is 6.92 Å². The smallest absolute Gasteiger partial charge is 0.223 e. The number of hydrogen-bond donors (Lipinski definition) is 2. The number of aromatic nitrogens is 2. The van der Waals surface area contributed by atoms with Gasteiger partial charge < -0.3 is 20.1 Å². The van der Waals surface area contributed by atoms with Gasteiger partial charge in [-0.15, -0.1) is 0 Å². The van der Waals surface area contributed by atoms with Gasteiger partial charge >= 0.3 is 0 Å². The molecule has 0 aliphatic carbocycles. The van der Waals surface area contributed by atoms with E-state index in [1.165, 1.54) is 5.69 Å². The van der Waals surface area contributed by atoms with E-state index >= 15 is 0 Å². The van der Waals surface area contributed by atoms with Crippen LogP contribution in [0.15, 0.2) is 38.3 Å². The van der Waals surface area contributed by atoms with E-state index in [9.17, 15) is 0 Å². The second kappa shape index (κ2) is 8.33. The van der Waals surface area contributed by atoms with E-state index in [2.05, 4.69) is 71.7 Å². The van der Waals surface area contributed by atoms with E-state index < -0.39 is 0 Å². The maximum Gasteiger partial charge on any atom is 0.223 e. The van der Waals surface area contributed by atoms with E-state index in [1.807, 2.05) is 6.07 Å². The van der Waals surface area contributed by atoms with Gasteiger partial charge in [0.2, 0.25) is 5.89 Å². The largest absolute Gasteiger partial charge is 0.368 e. The van der Waals surface area contributed by atoms with Gasteiger partial charge in [-0.3, -0.25) is 0 Å². The molecule has 2 aromatic rings. The van der Waals surface area contributed by atoms with E-state index in [0.29, 0.717) is 24.3 Å². The highest BCUT2D eigenvalue weighted by atomic mass is 79.9. The molecule has 1 fully saturated rings. The van der Waals surface area contributed by atoms with Crippen LogP contribution >= 0.6 is 15.9 Å². The Labute approximate surface area is 156 Å². The number of guanidine groups is 1. The van der Waals surface area contributed by atoms with Crippen molar-refractivity contribution < 1.29 is 4.52 Å². The molecule has 0 radical (unpaired) electrons. The molecule has 2 heterocycles. The second-order valence-corrected chi connectivity index (χ2v) is 6.81. The minimum absolute atomic E-state index is 0.344. The maximum absolute atomic E-state index is 4.98. The van der Waals surface area contributed by atoms with Gasteiger partial charge in [0, 0.05) is 37.1 Å². The molecule has 1 aliphatic rings. The molecule has 7 nitrogen and oxygen atoms in total. The number of aryl methyl sites for hydroxylation is 1. The fourth-order valence-corrected chi connectivity index (χ4v) is 3.41. The number of aliphatic imine (C=N–C) groups is 1. The third-order valence-electron chi connectivity index (χ3n) is 4.01. The first-order chi connectivity index (χ1) is 12.2. The number of hydrogen-bond acceptors (Lipinski definition) is 5. The topological polar surface area (TPSA) is 78.6 Å². The van der Waals surface area contributed by atoms with Gasteiger partial charge in [-0.2, -0.15) is 4.98 Å². The van der Waals surface area contributed by atoms with Crippen LogP contribution in [0.5, 0.6) is 0 Å².